The van der Waals surface area contributed by atoms with Crippen LogP contribution in [0.2, 0.25) is 0 Å². The lowest BCUT2D eigenvalue weighted by atomic mass is 9.92. The molecule has 136 valence electrons. The van der Waals surface area contributed by atoms with Gasteiger partial charge in [0.25, 0.3) is 0 Å². The summed E-state index contributed by atoms with van der Waals surface area (Å²) in [6, 6.07) is 0. The molecular weight excluding hydrogens is 329 g/mol. The molecule has 0 bridgehead atoms. The van der Waals surface area contributed by atoms with E-state index < -0.39 is 13.9 Å². The first kappa shape index (κ1) is 19.3. The van der Waals surface area contributed by atoms with Gasteiger partial charge in [-0.2, -0.15) is 0 Å². The highest BCUT2D eigenvalue weighted by Crippen LogP contribution is 2.31. The number of nitrogens with one attached hydrogen (secondary N) is 2. The van der Waals surface area contributed by atoms with Gasteiger partial charge in [0.1, 0.15) is 6.54 Å². The largest absolute Gasteiger partial charge is 0.480 e. The van der Waals surface area contributed by atoms with Crippen molar-refractivity contribution < 1.29 is 19.3 Å². The Balaban J connectivity index is 1.69. The van der Waals surface area contributed by atoms with Crippen LogP contribution >= 0.6 is 7.95 Å². The summed E-state index contributed by atoms with van der Waals surface area (Å²) in [5.41, 5.74) is -0.138. The maximum atomic E-state index is 12.4. The Morgan fingerprint density at radius 1 is 1.25 bits per heavy atom. The number of nitrogens with zero attached hydrogens (tertiary/aromatic N) is 1. The highest BCUT2D eigenvalue weighted by molar-refractivity contribution is 7.43. The van der Waals surface area contributed by atoms with Crippen molar-refractivity contribution in [2.45, 2.75) is 50.6 Å². The van der Waals surface area contributed by atoms with Crippen LogP contribution < -0.4 is 10.4 Å². The van der Waals surface area contributed by atoms with Crippen molar-refractivity contribution in [3.8, 4) is 0 Å². The molecule has 0 aromatic rings. The summed E-state index contributed by atoms with van der Waals surface area (Å²) in [7, 11) is -1.79. The summed E-state index contributed by atoms with van der Waals surface area (Å²) in [6.07, 6.45) is 6.62. The van der Waals surface area contributed by atoms with E-state index in [1.165, 1.54) is 12.8 Å². The van der Waals surface area contributed by atoms with E-state index >= 15 is 0 Å². The number of carboxylic acid groups (broad SMARTS) is 1. The Labute approximate surface area is 144 Å². The van der Waals surface area contributed by atoms with Crippen LogP contribution in [0.3, 0.4) is 0 Å². The smallest absolute Gasteiger partial charge is 0.437 e. The van der Waals surface area contributed by atoms with Gasteiger partial charge in [-0.1, -0.05) is 5.09 Å². The predicted molar refractivity (Wildman–Crippen MR) is 92.3 cm³/mol. The van der Waals surface area contributed by atoms with Gasteiger partial charge >= 0.3 is 13.9 Å². The molecular formula is C16H29N3O4P+. The number of piperidine rings is 2. The van der Waals surface area contributed by atoms with Gasteiger partial charge in [0, 0.05) is 13.0 Å². The Kier molecular flexibility index (Phi) is 8.09. The molecule has 2 saturated heterocycles. The molecule has 2 unspecified atom stereocenters. The first-order valence-corrected chi connectivity index (χ1v) is 10.3. The molecule has 2 fully saturated rings. The van der Waals surface area contributed by atoms with Crippen LogP contribution in [0, 0.1) is 5.92 Å². The molecule has 0 saturated carbocycles. The summed E-state index contributed by atoms with van der Waals surface area (Å²) in [6.45, 7) is 3.08. The number of likely N-dealkylation sites (tertiary alicyclic amines) is 1. The molecule has 2 atom stereocenters. The summed E-state index contributed by atoms with van der Waals surface area (Å²) in [4.78, 5) is 24.7. The van der Waals surface area contributed by atoms with E-state index in [0.717, 1.165) is 51.2 Å². The van der Waals surface area contributed by atoms with Gasteiger partial charge in [0.15, 0.2) is 5.66 Å². The summed E-state index contributed by atoms with van der Waals surface area (Å²) < 4.78 is 12.1. The van der Waals surface area contributed by atoms with Crippen molar-refractivity contribution in [1.82, 2.24) is 15.3 Å². The van der Waals surface area contributed by atoms with Crippen molar-refractivity contribution in [1.29, 1.82) is 0 Å². The zero-order chi connectivity index (χ0) is 17.4. The van der Waals surface area contributed by atoms with Crippen molar-refractivity contribution >= 4 is 19.8 Å². The molecule has 7 nitrogen and oxygen atoms in total. The van der Waals surface area contributed by atoms with E-state index in [4.69, 9.17) is 5.11 Å². The third-order valence-electron chi connectivity index (χ3n) is 4.93. The average molecular weight is 358 g/mol. The summed E-state index contributed by atoms with van der Waals surface area (Å²) in [5, 5.41) is 14.6. The predicted octanol–water partition coefficient (Wildman–Crippen LogP) is 1.56. The first-order valence-electron chi connectivity index (χ1n) is 8.96. The lowest BCUT2D eigenvalue weighted by Crippen LogP contribution is -2.42. The fourth-order valence-corrected chi connectivity index (χ4v) is 4.83. The van der Waals surface area contributed by atoms with E-state index in [-0.39, 0.29) is 18.1 Å². The standard InChI is InChI=1S/C16H28N3O4P/c20-15(5-1-3-13-6-8-17-9-7-13)19-10-2-4-14(12-19)24(23)18-11-16(21)22/h13-14,17H,1-12H2,(H-,18,21,22,23)/p+1. The van der Waals surface area contributed by atoms with Gasteiger partial charge in [-0.3, -0.25) is 9.59 Å². The van der Waals surface area contributed by atoms with E-state index in [1.807, 2.05) is 4.90 Å². The number of carbonyl (C=O) groups is 2. The average Bonchev–Trinajstić information content (AvgIpc) is 2.60. The van der Waals surface area contributed by atoms with Crippen LogP contribution in [-0.2, 0) is 14.2 Å². The topological polar surface area (TPSA) is 98.7 Å². The van der Waals surface area contributed by atoms with E-state index in [1.54, 1.807) is 0 Å². The summed E-state index contributed by atoms with van der Waals surface area (Å²) >= 11 is 0. The maximum absolute atomic E-state index is 12.4. The molecule has 24 heavy (non-hydrogen) atoms. The molecule has 8 heteroatoms. The van der Waals surface area contributed by atoms with Gasteiger partial charge in [0.05, 0.1) is 6.54 Å². The number of carboxylic acids is 1. The van der Waals surface area contributed by atoms with Gasteiger partial charge in [-0.25, -0.2) is 0 Å². The second-order valence-electron chi connectivity index (χ2n) is 6.78. The quantitative estimate of drug-likeness (QED) is 0.570. The summed E-state index contributed by atoms with van der Waals surface area (Å²) in [5.74, 6) is -0.127. The fourth-order valence-electron chi connectivity index (χ4n) is 3.52. The van der Waals surface area contributed by atoms with Crippen LogP contribution in [0.25, 0.3) is 0 Å². The molecule has 2 aliphatic rings. The van der Waals surface area contributed by atoms with Crippen LogP contribution in [0.5, 0.6) is 0 Å². The highest BCUT2D eigenvalue weighted by atomic mass is 31.1. The highest BCUT2D eigenvalue weighted by Gasteiger charge is 2.36. The van der Waals surface area contributed by atoms with Gasteiger partial charge in [0.2, 0.25) is 5.91 Å². The molecule has 2 aliphatic heterocycles. The molecule has 1 amide bonds. The number of hydrogen-bond acceptors (Lipinski definition) is 4. The maximum Gasteiger partial charge on any atom is 0.437 e. The van der Waals surface area contributed by atoms with E-state index in [2.05, 4.69) is 10.4 Å². The zero-order valence-corrected chi connectivity index (χ0v) is 15.1. The molecule has 0 aromatic carbocycles. The van der Waals surface area contributed by atoms with Gasteiger partial charge in [-0.05, 0) is 62.1 Å². The Bertz CT molecular complexity index is 455. The van der Waals surface area contributed by atoms with Crippen LogP contribution in [0.1, 0.15) is 44.9 Å². The second-order valence-corrected chi connectivity index (χ2v) is 8.47. The van der Waals surface area contributed by atoms with Gasteiger partial charge < -0.3 is 15.3 Å². The SMILES string of the molecule is O=C(O)CN[P+](=O)C1CCCN(C(=O)CCCC2CCNCC2)C1. The number of amides is 1. The Morgan fingerprint density at radius 3 is 2.71 bits per heavy atom. The van der Waals surface area contributed by atoms with Crippen LogP contribution in [0.4, 0.5) is 0 Å². The second kappa shape index (κ2) is 10.1. The molecule has 2 rings (SSSR count). The van der Waals surface area contributed by atoms with Crippen LogP contribution in [0.15, 0.2) is 0 Å². The number of hydrogen-bond donors (Lipinski definition) is 3. The third-order valence-corrected chi connectivity index (χ3v) is 6.48. The Hall–Kier alpha value is -1.04. The normalized spacial score (nSPS) is 23.1. The van der Waals surface area contributed by atoms with Crippen LogP contribution in [-0.4, -0.2) is 60.3 Å². The van der Waals surface area contributed by atoms with Crippen molar-refractivity contribution in [3.05, 3.63) is 0 Å². The first-order chi connectivity index (χ1) is 11.6. The molecule has 2 heterocycles. The monoisotopic (exact) mass is 358 g/mol. The minimum absolute atomic E-state index is 0.138. The van der Waals surface area contributed by atoms with Crippen molar-refractivity contribution in [3.63, 3.8) is 0 Å². The number of carbonyl (C=O) groups excluding carboxylic acids is 1. The van der Waals surface area contributed by atoms with Gasteiger partial charge in [-0.15, -0.1) is 0 Å². The minimum atomic E-state index is -1.79. The molecule has 3 N–H and O–H groups in total. The molecule has 0 radical (unpaired) electrons. The van der Waals surface area contributed by atoms with E-state index in [0.29, 0.717) is 13.0 Å². The van der Waals surface area contributed by atoms with E-state index in [9.17, 15) is 14.2 Å². The molecule has 0 spiro atoms. The lowest BCUT2D eigenvalue weighted by molar-refractivity contribution is -0.135. The minimum Gasteiger partial charge on any atom is -0.480 e. The van der Waals surface area contributed by atoms with Crippen molar-refractivity contribution in [2.75, 3.05) is 32.7 Å². The Morgan fingerprint density at radius 2 is 2.00 bits per heavy atom. The fraction of sp³-hybridized carbons (Fsp3) is 0.875. The molecule has 0 aliphatic carbocycles. The zero-order valence-electron chi connectivity index (χ0n) is 14.2. The lowest BCUT2D eigenvalue weighted by Gasteiger charge is -2.28. The number of rotatable bonds is 8. The number of aliphatic carboxylic acids is 1. The van der Waals surface area contributed by atoms with Crippen molar-refractivity contribution in [2.24, 2.45) is 5.92 Å². The molecule has 0 aromatic heterocycles. The third kappa shape index (κ3) is 6.46.